The summed E-state index contributed by atoms with van der Waals surface area (Å²) in [7, 11) is 0. The van der Waals surface area contributed by atoms with Crippen molar-refractivity contribution in [2.45, 2.75) is 6.42 Å². The summed E-state index contributed by atoms with van der Waals surface area (Å²) < 4.78 is 4.78. The van der Waals surface area contributed by atoms with Gasteiger partial charge in [-0.05, 0) is 12.0 Å². The molecule has 14 heavy (non-hydrogen) atoms. The lowest BCUT2D eigenvalue weighted by atomic mass is 10.1. The molecule has 0 bridgehead atoms. The van der Waals surface area contributed by atoms with Crippen LogP contribution in [0.2, 0.25) is 0 Å². The lowest BCUT2D eigenvalue weighted by Crippen LogP contribution is -1.81. The predicted molar refractivity (Wildman–Crippen MR) is 55.8 cm³/mol. The van der Waals surface area contributed by atoms with Gasteiger partial charge in [-0.2, -0.15) is 0 Å². The van der Waals surface area contributed by atoms with E-state index < -0.39 is 0 Å². The molecule has 0 saturated carbocycles. The summed E-state index contributed by atoms with van der Waals surface area (Å²) in [5.41, 5.74) is 3.20. The van der Waals surface area contributed by atoms with Gasteiger partial charge in [-0.1, -0.05) is 35.5 Å². The van der Waals surface area contributed by atoms with Crippen molar-refractivity contribution in [3.8, 4) is 11.3 Å². The molecular formula is C12H11NO. The lowest BCUT2D eigenvalue weighted by molar-refractivity contribution is 0.422. The highest BCUT2D eigenvalue weighted by Gasteiger charge is 1.99. The normalized spacial score (nSPS) is 10.0. The Morgan fingerprint density at radius 2 is 2.00 bits per heavy atom. The zero-order chi connectivity index (χ0) is 9.80. The maximum Gasteiger partial charge on any atom is 0.124 e. The van der Waals surface area contributed by atoms with E-state index in [1.165, 1.54) is 5.56 Å². The molecule has 1 heterocycles. The SMILES string of the molecule is C=CCc1ccc(-c2ccon2)cc1. The molecule has 2 rings (SSSR count). The number of allylic oxidation sites excluding steroid dienone is 1. The van der Waals surface area contributed by atoms with Gasteiger partial charge in [0.15, 0.2) is 0 Å². The molecule has 0 saturated heterocycles. The Morgan fingerprint density at radius 3 is 2.57 bits per heavy atom. The molecule has 0 atom stereocenters. The van der Waals surface area contributed by atoms with Gasteiger partial charge in [-0.3, -0.25) is 0 Å². The third-order valence-electron chi connectivity index (χ3n) is 2.07. The van der Waals surface area contributed by atoms with Gasteiger partial charge in [-0.15, -0.1) is 6.58 Å². The van der Waals surface area contributed by atoms with E-state index in [1.54, 1.807) is 6.26 Å². The fraction of sp³-hybridized carbons (Fsp3) is 0.0833. The van der Waals surface area contributed by atoms with Gasteiger partial charge in [0.2, 0.25) is 0 Å². The first-order chi connectivity index (χ1) is 6.90. The van der Waals surface area contributed by atoms with E-state index in [9.17, 15) is 0 Å². The van der Waals surface area contributed by atoms with E-state index in [0.717, 1.165) is 17.7 Å². The minimum atomic E-state index is 0.871. The molecule has 0 spiro atoms. The Kier molecular flexibility index (Phi) is 2.45. The highest BCUT2D eigenvalue weighted by Crippen LogP contribution is 2.17. The van der Waals surface area contributed by atoms with Crippen molar-refractivity contribution in [2.75, 3.05) is 0 Å². The number of hydrogen-bond donors (Lipinski definition) is 0. The number of aromatic nitrogens is 1. The third-order valence-corrected chi connectivity index (χ3v) is 2.07. The molecule has 0 fully saturated rings. The van der Waals surface area contributed by atoms with Gasteiger partial charge in [0.05, 0.1) is 0 Å². The first-order valence-electron chi connectivity index (χ1n) is 4.51. The van der Waals surface area contributed by atoms with Crippen LogP contribution >= 0.6 is 0 Å². The van der Waals surface area contributed by atoms with Crippen LogP contribution in [0.5, 0.6) is 0 Å². The molecule has 1 aromatic heterocycles. The van der Waals surface area contributed by atoms with Crippen LogP contribution in [0.15, 0.2) is 53.8 Å². The Labute approximate surface area is 82.9 Å². The van der Waals surface area contributed by atoms with Crippen LogP contribution in [-0.4, -0.2) is 5.16 Å². The van der Waals surface area contributed by atoms with Crippen LogP contribution in [0.3, 0.4) is 0 Å². The monoisotopic (exact) mass is 185 g/mol. The average molecular weight is 185 g/mol. The van der Waals surface area contributed by atoms with E-state index in [4.69, 9.17) is 4.52 Å². The molecule has 70 valence electrons. The lowest BCUT2D eigenvalue weighted by Gasteiger charge is -1.98. The Balaban J connectivity index is 2.26. The standard InChI is InChI=1S/C12H11NO/c1-2-3-10-4-6-11(7-5-10)12-8-9-14-13-12/h2,4-9H,1,3H2. The van der Waals surface area contributed by atoms with Gasteiger partial charge in [-0.25, -0.2) is 0 Å². The topological polar surface area (TPSA) is 26.0 Å². The molecule has 2 heteroatoms. The Morgan fingerprint density at radius 1 is 1.21 bits per heavy atom. The molecule has 0 aliphatic carbocycles. The van der Waals surface area contributed by atoms with Crippen molar-refractivity contribution in [1.29, 1.82) is 0 Å². The minimum Gasteiger partial charge on any atom is -0.364 e. The zero-order valence-electron chi connectivity index (χ0n) is 7.81. The number of nitrogens with zero attached hydrogens (tertiary/aromatic N) is 1. The second-order valence-corrected chi connectivity index (χ2v) is 3.07. The van der Waals surface area contributed by atoms with Crippen molar-refractivity contribution in [2.24, 2.45) is 0 Å². The van der Waals surface area contributed by atoms with E-state index in [1.807, 2.05) is 24.3 Å². The molecule has 0 aliphatic heterocycles. The van der Waals surface area contributed by atoms with Crippen molar-refractivity contribution >= 4 is 0 Å². The molecule has 1 aromatic carbocycles. The van der Waals surface area contributed by atoms with Gasteiger partial charge in [0.25, 0.3) is 0 Å². The molecule has 2 nitrogen and oxygen atoms in total. The highest BCUT2D eigenvalue weighted by atomic mass is 16.5. The van der Waals surface area contributed by atoms with Crippen LogP contribution in [0.4, 0.5) is 0 Å². The van der Waals surface area contributed by atoms with Crippen molar-refractivity contribution in [1.82, 2.24) is 5.16 Å². The summed E-state index contributed by atoms with van der Waals surface area (Å²) in [5, 5.41) is 3.87. The first kappa shape index (κ1) is 8.75. The van der Waals surface area contributed by atoms with Crippen LogP contribution in [0.25, 0.3) is 11.3 Å². The minimum absolute atomic E-state index is 0.871. The second kappa shape index (κ2) is 3.92. The highest BCUT2D eigenvalue weighted by molar-refractivity contribution is 5.58. The summed E-state index contributed by atoms with van der Waals surface area (Å²) in [6.45, 7) is 3.70. The van der Waals surface area contributed by atoms with Crippen molar-refractivity contribution in [3.05, 3.63) is 54.8 Å². The van der Waals surface area contributed by atoms with Gasteiger partial charge in [0.1, 0.15) is 12.0 Å². The number of benzene rings is 1. The predicted octanol–water partition coefficient (Wildman–Crippen LogP) is 3.07. The van der Waals surface area contributed by atoms with E-state index in [0.29, 0.717) is 0 Å². The van der Waals surface area contributed by atoms with Gasteiger partial charge >= 0.3 is 0 Å². The maximum atomic E-state index is 4.78. The van der Waals surface area contributed by atoms with Crippen LogP contribution in [-0.2, 0) is 6.42 Å². The molecule has 0 N–H and O–H groups in total. The number of rotatable bonds is 3. The smallest absolute Gasteiger partial charge is 0.124 e. The molecule has 2 aromatic rings. The Bertz CT molecular complexity index is 400. The Hall–Kier alpha value is -1.83. The summed E-state index contributed by atoms with van der Waals surface area (Å²) in [6, 6.07) is 10.1. The van der Waals surface area contributed by atoms with E-state index >= 15 is 0 Å². The van der Waals surface area contributed by atoms with Gasteiger partial charge < -0.3 is 4.52 Å². The van der Waals surface area contributed by atoms with Crippen LogP contribution < -0.4 is 0 Å². The summed E-state index contributed by atoms with van der Waals surface area (Å²) >= 11 is 0. The molecule has 0 amide bonds. The molecule has 0 radical (unpaired) electrons. The van der Waals surface area contributed by atoms with Crippen LogP contribution in [0.1, 0.15) is 5.56 Å². The summed E-state index contributed by atoms with van der Waals surface area (Å²) in [4.78, 5) is 0. The average Bonchev–Trinajstić information content (AvgIpc) is 2.72. The second-order valence-electron chi connectivity index (χ2n) is 3.07. The quantitative estimate of drug-likeness (QED) is 0.687. The van der Waals surface area contributed by atoms with E-state index in [2.05, 4.69) is 23.9 Å². The van der Waals surface area contributed by atoms with Gasteiger partial charge in [0, 0.05) is 11.6 Å². The number of hydrogen-bond acceptors (Lipinski definition) is 2. The first-order valence-corrected chi connectivity index (χ1v) is 4.51. The summed E-state index contributed by atoms with van der Waals surface area (Å²) in [6.07, 6.45) is 4.37. The maximum absolute atomic E-state index is 4.78. The van der Waals surface area contributed by atoms with Crippen molar-refractivity contribution in [3.63, 3.8) is 0 Å². The largest absolute Gasteiger partial charge is 0.364 e. The van der Waals surface area contributed by atoms with E-state index in [-0.39, 0.29) is 0 Å². The third kappa shape index (κ3) is 1.74. The molecule has 0 unspecified atom stereocenters. The zero-order valence-corrected chi connectivity index (χ0v) is 7.81. The fourth-order valence-electron chi connectivity index (χ4n) is 1.34. The summed E-state index contributed by atoms with van der Waals surface area (Å²) in [5.74, 6) is 0. The molecule has 0 aliphatic rings. The molecular weight excluding hydrogens is 174 g/mol. The van der Waals surface area contributed by atoms with Crippen molar-refractivity contribution < 1.29 is 4.52 Å². The van der Waals surface area contributed by atoms with Crippen LogP contribution in [0, 0.1) is 0 Å². The fourth-order valence-corrected chi connectivity index (χ4v) is 1.34.